The molecule has 0 aliphatic carbocycles. The van der Waals surface area contributed by atoms with Crippen LogP contribution in [0.4, 0.5) is 0 Å². The van der Waals surface area contributed by atoms with Crippen molar-refractivity contribution in [3.8, 4) is 5.69 Å². The molecule has 100 valence electrons. The minimum absolute atomic E-state index is 0.664. The average molecular weight is 303 g/mol. The Kier molecular flexibility index (Phi) is 3.99. The van der Waals surface area contributed by atoms with E-state index in [1.54, 1.807) is 16.4 Å². The molecule has 0 aliphatic heterocycles. The van der Waals surface area contributed by atoms with E-state index in [1.165, 1.54) is 5.56 Å². The standard InChI is InChI=1S/C14H11ClN4S/c15-12-7-4-8-13(9-12)19-14(16-17-18-19)20-10-11-5-2-1-3-6-11/h1-9H,10H2. The number of nitrogens with zero attached hydrogens (tertiary/aromatic N) is 4. The van der Waals surface area contributed by atoms with Gasteiger partial charge in [-0.1, -0.05) is 59.8 Å². The lowest BCUT2D eigenvalue weighted by Gasteiger charge is -2.04. The van der Waals surface area contributed by atoms with Crippen molar-refractivity contribution < 1.29 is 0 Å². The zero-order valence-corrected chi connectivity index (χ0v) is 12.1. The van der Waals surface area contributed by atoms with Gasteiger partial charge in [0.1, 0.15) is 0 Å². The molecule has 0 aliphatic rings. The first-order chi connectivity index (χ1) is 9.83. The minimum atomic E-state index is 0.664. The number of benzene rings is 2. The van der Waals surface area contributed by atoms with E-state index in [2.05, 4.69) is 27.7 Å². The SMILES string of the molecule is Clc1cccc(-n2nnnc2SCc2ccccc2)c1. The van der Waals surface area contributed by atoms with Gasteiger partial charge in [0.25, 0.3) is 0 Å². The van der Waals surface area contributed by atoms with Crippen LogP contribution in [0.15, 0.2) is 59.8 Å². The van der Waals surface area contributed by atoms with Gasteiger partial charge in [-0.3, -0.25) is 0 Å². The highest BCUT2D eigenvalue weighted by molar-refractivity contribution is 7.98. The van der Waals surface area contributed by atoms with Gasteiger partial charge in [0.05, 0.1) is 5.69 Å². The second-order valence-corrected chi connectivity index (χ2v) is 5.51. The predicted molar refractivity (Wildman–Crippen MR) is 80.2 cm³/mol. The summed E-state index contributed by atoms with van der Waals surface area (Å²) in [5, 5.41) is 13.2. The summed E-state index contributed by atoms with van der Waals surface area (Å²) < 4.78 is 1.69. The van der Waals surface area contributed by atoms with Crippen molar-refractivity contribution in [2.75, 3.05) is 0 Å². The first-order valence-electron chi connectivity index (χ1n) is 6.04. The van der Waals surface area contributed by atoms with Crippen molar-refractivity contribution >= 4 is 23.4 Å². The topological polar surface area (TPSA) is 43.6 Å². The quantitative estimate of drug-likeness (QED) is 0.691. The molecule has 0 amide bonds. The van der Waals surface area contributed by atoms with E-state index in [-0.39, 0.29) is 0 Å². The van der Waals surface area contributed by atoms with Crippen LogP contribution in [0, 0.1) is 0 Å². The Labute approximate surface area is 125 Å². The monoisotopic (exact) mass is 302 g/mol. The highest BCUT2D eigenvalue weighted by atomic mass is 35.5. The van der Waals surface area contributed by atoms with Gasteiger partial charge < -0.3 is 0 Å². The molecular formula is C14H11ClN4S. The van der Waals surface area contributed by atoms with Crippen LogP contribution in [0.1, 0.15) is 5.56 Å². The normalized spacial score (nSPS) is 10.7. The molecule has 0 radical (unpaired) electrons. The lowest BCUT2D eigenvalue weighted by Crippen LogP contribution is -1.98. The van der Waals surface area contributed by atoms with Crippen LogP contribution in [0.3, 0.4) is 0 Å². The Morgan fingerprint density at radius 1 is 1.05 bits per heavy atom. The Balaban J connectivity index is 1.80. The van der Waals surface area contributed by atoms with Crippen molar-refractivity contribution in [3.63, 3.8) is 0 Å². The van der Waals surface area contributed by atoms with Crippen LogP contribution >= 0.6 is 23.4 Å². The minimum Gasteiger partial charge on any atom is -0.187 e. The van der Waals surface area contributed by atoms with E-state index >= 15 is 0 Å². The highest BCUT2D eigenvalue weighted by Gasteiger charge is 2.09. The summed E-state index contributed by atoms with van der Waals surface area (Å²) in [6.45, 7) is 0. The van der Waals surface area contributed by atoms with Crippen LogP contribution < -0.4 is 0 Å². The number of halogens is 1. The van der Waals surface area contributed by atoms with Crippen molar-refractivity contribution in [2.45, 2.75) is 10.9 Å². The zero-order chi connectivity index (χ0) is 13.8. The van der Waals surface area contributed by atoms with Gasteiger partial charge in [0.15, 0.2) is 0 Å². The van der Waals surface area contributed by atoms with Crippen molar-refractivity contribution in [3.05, 3.63) is 65.2 Å². The summed E-state index contributed by atoms with van der Waals surface area (Å²) in [5.74, 6) is 0.821. The molecule has 0 atom stereocenters. The second kappa shape index (κ2) is 6.07. The largest absolute Gasteiger partial charge is 0.214 e. The lowest BCUT2D eigenvalue weighted by atomic mass is 10.2. The number of tetrazole rings is 1. The van der Waals surface area contributed by atoms with Gasteiger partial charge in [-0.05, 0) is 34.2 Å². The Morgan fingerprint density at radius 3 is 2.70 bits per heavy atom. The molecule has 0 N–H and O–H groups in total. The Hall–Kier alpha value is -1.85. The van der Waals surface area contributed by atoms with Gasteiger partial charge in [0.2, 0.25) is 5.16 Å². The van der Waals surface area contributed by atoms with Crippen LogP contribution in [-0.4, -0.2) is 20.2 Å². The summed E-state index contributed by atoms with van der Waals surface area (Å²) in [5.41, 5.74) is 2.09. The molecule has 0 saturated heterocycles. The molecule has 1 aromatic heterocycles. The van der Waals surface area contributed by atoms with Gasteiger partial charge in [-0.25, -0.2) is 0 Å². The molecule has 3 aromatic rings. The molecule has 0 fully saturated rings. The maximum Gasteiger partial charge on any atom is 0.214 e. The van der Waals surface area contributed by atoms with Crippen LogP contribution in [0.25, 0.3) is 5.69 Å². The maximum absolute atomic E-state index is 6.00. The van der Waals surface area contributed by atoms with Gasteiger partial charge in [-0.15, -0.1) is 5.10 Å². The van der Waals surface area contributed by atoms with Crippen LogP contribution in [-0.2, 0) is 5.75 Å². The number of thioether (sulfide) groups is 1. The third kappa shape index (κ3) is 3.00. The number of hydrogen-bond acceptors (Lipinski definition) is 4. The molecule has 0 unspecified atom stereocenters. The lowest BCUT2D eigenvalue weighted by molar-refractivity contribution is 0.756. The molecule has 20 heavy (non-hydrogen) atoms. The van der Waals surface area contributed by atoms with Gasteiger partial charge in [-0.2, -0.15) is 4.68 Å². The van der Waals surface area contributed by atoms with Crippen molar-refractivity contribution in [1.29, 1.82) is 0 Å². The zero-order valence-electron chi connectivity index (χ0n) is 10.5. The molecule has 0 bridgehead atoms. The molecule has 3 rings (SSSR count). The molecule has 0 saturated carbocycles. The molecule has 6 heteroatoms. The summed E-state index contributed by atoms with van der Waals surface area (Å²) in [4.78, 5) is 0. The van der Waals surface area contributed by atoms with Gasteiger partial charge >= 0.3 is 0 Å². The van der Waals surface area contributed by atoms with Crippen LogP contribution in [0.5, 0.6) is 0 Å². The van der Waals surface area contributed by atoms with Crippen LogP contribution in [0.2, 0.25) is 5.02 Å². The van der Waals surface area contributed by atoms with E-state index in [0.717, 1.165) is 16.6 Å². The van der Waals surface area contributed by atoms with Gasteiger partial charge in [0, 0.05) is 10.8 Å². The molecule has 0 spiro atoms. The third-order valence-electron chi connectivity index (χ3n) is 2.70. The third-order valence-corrected chi connectivity index (χ3v) is 3.93. The Morgan fingerprint density at radius 2 is 1.90 bits per heavy atom. The molecule has 4 nitrogen and oxygen atoms in total. The fourth-order valence-corrected chi connectivity index (χ4v) is 2.79. The predicted octanol–water partition coefficient (Wildman–Crippen LogP) is 3.61. The van der Waals surface area contributed by atoms with E-state index in [1.807, 2.05) is 42.5 Å². The summed E-state index contributed by atoms with van der Waals surface area (Å²) in [7, 11) is 0. The molecule has 1 heterocycles. The first-order valence-corrected chi connectivity index (χ1v) is 7.40. The highest BCUT2D eigenvalue weighted by Crippen LogP contribution is 2.23. The van der Waals surface area contributed by atoms with E-state index < -0.39 is 0 Å². The summed E-state index contributed by atoms with van der Waals surface area (Å²) in [6, 6.07) is 17.7. The van der Waals surface area contributed by atoms with E-state index in [9.17, 15) is 0 Å². The first kappa shape index (κ1) is 13.1. The van der Waals surface area contributed by atoms with Crippen molar-refractivity contribution in [1.82, 2.24) is 20.2 Å². The second-order valence-electron chi connectivity index (χ2n) is 4.13. The number of rotatable bonds is 4. The smallest absolute Gasteiger partial charge is 0.187 e. The maximum atomic E-state index is 6.00. The average Bonchev–Trinajstić information content (AvgIpc) is 2.95. The number of aromatic nitrogens is 4. The van der Waals surface area contributed by atoms with E-state index in [4.69, 9.17) is 11.6 Å². The fraction of sp³-hybridized carbons (Fsp3) is 0.0714. The fourth-order valence-electron chi connectivity index (χ4n) is 1.76. The number of hydrogen-bond donors (Lipinski definition) is 0. The van der Waals surface area contributed by atoms with E-state index in [0.29, 0.717) is 5.02 Å². The molecular weight excluding hydrogens is 292 g/mol. The summed E-state index contributed by atoms with van der Waals surface area (Å²) >= 11 is 7.59. The molecule has 2 aromatic carbocycles. The summed E-state index contributed by atoms with van der Waals surface area (Å²) in [6.07, 6.45) is 0. The Bertz CT molecular complexity index is 699. The van der Waals surface area contributed by atoms with Crippen molar-refractivity contribution in [2.24, 2.45) is 0 Å².